The van der Waals surface area contributed by atoms with Gasteiger partial charge in [0.15, 0.2) is 5.82 Å². The van der Waals surface area contributed by atoms with Crippen LogP contribution in [0.1, 0.15) is 41.3 Å². The quantitative estimate of drug-likeness (QED) is 0.412. The highest BCUT2D eigenvalue weighted by molar-refractivity contribution is 7.92. The Kier molecular flexibility index (Phi) is 7.48. The number of hydrogen-bond acceptors (Lipinski definition) is 8. The minimum Gasteiger partial charge on any atom is -0.493 e. The van der Waals surface area contributed by atoms with Gasteiger partial charge in [-0.3, -0.25) is 13.9 Å². The van der Waals surface area contributed by atoms with Gasteiger partial charge in [0.1, 0.15) is 18.1 Å². The molecule has 0 radical (unpaired) electrons. The second kappa shape index (κ2) is 11.2. The van der Waals surface area contributed by atoms with Crippen LogP contribution >= 0.6 is 0 Å². The standard InChI is InChI=1S/C30H34N6O5S/c1-3-35-28-23(30(38)33(2)25-9-7-13-31-29(25)35)18-21(19-32-28)11-16-41-26-10-6-8-24-22(26)12-17-42(39,40)36(24)20-27(37)34-14-4-5-15-34/h6-10,13,18-19H,3-5,11-12,14-17,20H2,1-2H3. The van der Waals surface area contributed by atoms with Gasteiger partial charge in [-0.2, -0.15) is 0 Å². The van der Waals surface area contributed by atoms with Crippen molar-refractivity contribution in [2.75, 3.05) is 59.7 Å². The average molecular weight is 591 g/mol. The molecule has 1 saturated heterocycles. The first-order valence-corrected chi connectivity index (χ1v) is 15.9. The number of anilines is 4. The fourth-order valence-corrected chi connectivity index (χ4v) is 7.34. The highest BCUT2D eigenvalue weighted by Crippen LogP contribution is 2.38. The molecule has 3 aromatic rings. The van der Waals surface area contributed by atoms with E-state index in [4.69, 9.17) is 4.74 Å². The predicted molar refractivity (Wildman–Crippen MR) is 160 cm³/mol. The summed E-state index contributed by atoms with van der Waals surface area (Å²) in [5.41, 5.74) is 3.34. The van der Waals surface area contributed by atoms with Gasteiger partial charge in [0, 0.05) is 51.1 Å². The smallest absolute Gasteiger partial charge is 0.261 e. The van der Waals surface area contributed by atoms with E-state index in [0.29, 0.717) is 67.7 Å². The molecule has 3 aliphatic rings. The zero-order valence-corrected chi connectivity index (χ0v) is 24.6. The zero-order chi connectivity index (χ0) is 29.4. The first-order chi connectivity index (χ1) is 20.3. The van der Waals surface area contributed by atoms with Crippen LogP contribution in [0.15, 0.2) is 48.8 Å². The number of sulfonamides is 1. The van der Waals surface area contributed by atoms with Crippen LogP contribution in [-0.2, 0) is 27.7 Å². The summed E-state index contributed by atoms with van der Waals surface area (Å²) in [7, 11) is -1.87. The van der Waals surface area contributed by atoms with Crippen LogP contribution in [0.4, 0.5) is 23.0 Å². The molecule has 0 atom stereocenters. The van der Waals surface area contributed by atoms with Crippen LogP contribution < -0.4 is 18.8 Å². The minimum atomic E-state index is -3.61. The molecule has 0 spiro atoms. The van der Waals surface area contributed by atoms with Crippen LogP contribution in [0.25, 0.3) is 0 Å². The lowest BCUT2D eigenvalue weighted by atomic mass is 10.1. The summed E-state index contributed by atoms with van der Waals surface area (Å²) in [5, 5.41) is 0. The van der Waals surface area contributed by atoms with Crippen LogP contribution in [-0.4, -0.2) is 80.7 Å². The van der Waals surface area contributed by atoms with Crippen molar-refractivity contribution in [1.82, 2.24) is 14.9 Å². The number of ether oxygens (including phenoxy) is 1. The number of hydrogen-bond donors (Lipinski definition) is 0. The fraction of sp³-hybridized carbons (Fsp3) is 0.400. The van der Waals surface area contributed by atoms with E-state index in [1.807, 2.05) is 36.1 Å². The molecular weight excluding hydrogens is 556 g/mol. The van der Waals surface area contributed by atoms with E-state index in [0.717, 1.165) is 29.7 Å². The maximum atomic E-state index is 13.4. The number of fused-ring (bicyclic) bond motifs is 3. The lowest BCUT2D eigenvalue weighted by Crippen LogP contribution is -2.45. The number of carbonyl (C=O) groups is 2. The monoisotopic (exact) mass is 590 g/mol. The van der Waals surface area contributed by atoms with Crippen molar-refractivity contribution in [2.45, 2.75) is 32.6 Å². The highest BCUT2D eigenvalue weighted by atomic mass is 32.2. The van der Waals surface area contributed by atoms with E-state index in [1.165, 1.54) is 4.31 Å². The lowest BCUT2D eigenvalue weighted by Gasteiger charge is -2.32. The van der Waals surface area contributed by atoms with Crippen LogP contribution in [0, 0.1) is 0 Å². The Morgan fingerprint density at radius 1 is 1.05 bits per heavy atom. The SMILES string of the molecule is CCN1c2ncc(CCOc3cccc4c3CCS(=O)(=O)N4CC(=O)N3CCCC3)cc2C(=O)N(C)c2cccnc21. The van der Waals surface area contributed by atoms with Crippen LogP contribution in [0.2, 0.25) is 0 Å². The molecule has 6 rings (SSSR count). The summed E-state index contributed by atoms with van der Waals surface area (Å²) < 4.78 is 33.4. The van der Waals surface area contributed by atoms with E-state index in [1.54, 1.807) is 41.4 Å². The molecule has 0 N–H and O–H groups in total. The van der Waals surface area contributed by atoms with Crippen molar-refractivity contribution in [3.63, 3.8) is 0 Å². The third-order valence-corrected chi connectivity index (χ3v) is 9.84. The number of rotatable bonds is 7. The Hall–Kier alpha value is -4.19. The van der Waals surface area contributed by atoms with Gasteiger partial charge >= 0.3 is 0 Å². The van der Waals surface area contributed by atoms with Gasteiger partial charge in [-0.1, -0.05) is 6.07 Å². The molecule has 12 heteroatoms. The first-order valence-electron chi connectivity index (χ1n) is 14.3. The Morgan fingerprint density at radius 2 is 1.83 bits per heavy atom. The molecule has 0 bridgehead atoms. The van der Waals surface area contributed by atoms with Crippen molar-refractivity contribution in [3.05, 3.63) is 65.5 Å². The number of aromatic nitrogens is 2. The van der Waals surface area contributed by atoms with Crippen molar-refractivity contribution >= 4 is 44.8 Å². The van der Waals surface area contributed by atoms with Gasteiger partial charge in [-0.15, -0.1) is 0 Å². The molecule has 2 aromatic heterocycles. The largest absolute Gasteiger partial charge is 0.493 e. The highest BCUT2D eigenvalue weighted by Gasteiger charge is 2.35. The molecule has 3 aliphatic heterocycles. The number of pyridine rings is 2. The van der Waals surface area contributed by atoms with Gasteiger partial charge in [-0.05, 0) is 62.1 Å². The minimum absolute atomic E-state index is 0.0802. The molecule has 2 amide bonds. The molecule has 1 aromatic carbocycles. The summed E-state index contributed by atoms with van der Waals surface area (Å²) in [6, 6.07) is 10.9. The first kappa shape index (κ1) is 28.0. The van der Waals surface area contributed by atoms with E-state index in [-0.39, 0.29) is 24.1 Å². The molecule has 11 nitrogen and oxygen atoms in total. The maximum Gasteiger partial charge on any atom is 0.261 e. The lowest BCUT2D eigenvalue weighted by molar-refractivity contribution is -0.128. The van der Waals surface area contributed by atoms with Crippen molar-refractivity contribution in [2.24, 2.45) is 0 Å². The van der Waals surface area contributed by atoms with Gasteiger partial charge in [-0.25, -0.2) is 18.4 Å². The normalized spacial score (nSPS) is 17.4. The number of amides is 2. The van der Waals surface area contributed by atoms with Crippen LogP contribution in [0.3, 0.4) is 0 Å². The van der Waals surface area contributed by atoms with Crippen molar-refractivity contribution in [1.29, 1.82) is 0 Å². The van der Waals surface area contributed by atoms with Crippen molar-refractivity contribution < 1.29 is 22.7 Å². The molecule has 0 aliphatic carbocycles. The number of carbonyl (C=O) groups excluding carboxylic acids is 2. The number of nitrogens with zero attached hydrogens (tertiary/aromatic N) is 6. The van der Waals surface area contributed by atoms with E-state index >= 15 is 0 Å². The van der Waals surface area contributed by atoms with E-state index < -0.39 is 10.0 Å². The fourth-order valence-electron chi connectivity index (χ4n) is 5.88. The summed E-state index contributed by atoms with van der Waals surface area (Å²) in [6.07, 6.45) is 6.15. The summed E-state index contributed by atoms with van der Waals surface area (Å²) >= 11 is 0. The Labute approximate surface area is 245 Å². The van der Waals surface area contributed by atoms with Gasteiger partial charge in [0.2, 0.25) is 15.9 Å². The predicted octanol–water partition coefficient (Wildman–Crippen LogP) is 3.16. The topological polar surface area (TPSA) is 116 Å². The Balaban J connectivity index is 1.20. The molecule has 0 unspecified atom stereocenters. The second-order valence-corrected chi connectivity index (χ2v) is 12.7. The maximum absolute atomic E-state index is 13.4. The molecule has 5 heterocycles. The molecular formula is C30H34N6O5S. The Bertz CT molecular complexity index is 1640. The van der Waals surface area contributed by atoms with Crippen molar-refractivity contribution in [3.8, 4) is 5.75 Å². The third kappa shape index (κ3) is 5.04. The summed E-state index contributed by atoms with van der Waals surface area (Å²) in [6.45, 7) is 4.04. The molecule has 0 saturated carbocycles. The third-order valence-electron chi connectivity index (χ3n) is 8.12. The van der Waals surface area contributed by atoms with Gasteiger partial charge in [0.25, 0.3) is 5.91 Å². The summed E-state index contributed by atoms with van der Waals surface area (Å²) in [5.74, 6) is 1.43. The van der Waals surface area contributed by atoms with Gasteiger partial charge < -0.3 is 19.4 Å². The molecule has 220 valence electrons. The average Bonchev–Trinajstić information content (AvgIpc) is 3.52. The molecule has 1 fully saturated rings. The number of benzene rings is 1. The summed E-state index contributed by atoms with van der Waals surface area (Å²) in [4.78, 5) is 40.7. The van der Waals surface area contributed by atoms with Crippen LogP contribution in [0.5, 0.6) is 5.75 Å². The number of likely N-dealkylation sites (tertiary alicyclic amines) is 1. The zero-order valence-electron chi connectivity index (χ0n) is 23.8. The second-order valence-electron chi connectivity index (χ2n) is 10.7. The Morgan fingerprint density at radius 3 is 2.62 bits per heavy atom. The van der Waals surface area contributed by atoms with E-state index in [2.05, 4.69) is 9.97 Å². The van der Waals surface area contributed by atoms with Gasteiger partial charge in [0.05, 0.1) is 29.3 Å². The van der Waals surface area contributed by atoms with E-state index in [9.17, 15) is 18.0 Å². The molecule has 42 heavy (non-hydrogen) atoms.